The molecule has 0 saturated carbocycles. The first kappa shape index (κ1) is 19.1. The fourth-order valence-corrected chi connectivity index (χ4v) is 1.82. The summed E-state index contributed by atoms with van der Waals surface area (Å²) in [6.45, 7) is -1.23. The van der Waals surface area contributed by atoms with E-state index in [1.807, 2.05) is 30.3 Å². The molecule has 0 bridgehead atoms. The lowest BCUT2D eigenvalue weighted by molar-refractivity contribution is -0.153. The summed E-state index contributed by atoms with van der Waals surface area (Å²) >= 11 is 0. The molecule has 23 heavy (non-hydrogen) atoms. The van der Waals surface area contributed by atoms with Crippen molar-refractivity contribution in [1.82, 2.24) is 0 Å². The summed E-state index contributed by atoms with van der Waals surface area (Å²) in [6, 6.07) is 15.1. The quantitative estimate of drug-likeness (QED) is 0.854. The molecular formula is C16H17ClF3NO2. The molecule has 0 amide bonds. The first-order valence-electron chi connectivity index (χ1n) is 6.67. The number of para-hydroxylation sites is 2. The third kappa shape index (κ3) is 6.38. The molecule has 0 spiro atoms. The molecule has 0 aliphatic heterocycles. The van der Waals surface area contributed by atoms with E-state index in [2.05, 4.69) is 0 Å². The van der Waals surface area contributed by atoms with Gasteiger partial charge in [0, 0.05) is 0 Å². The average Bonchev–Trinajstić information content (AvgIpc) is 2.51. The number of halogens is 4. The van der Waals surface area contributed by atoms with Crippen LogP contribution in [0.2, 0.25) is 0 Å². The molecule has 2 rings (SSSR count). The van der Waals surface area contributed by atoms with Crippen molar-refractivity contribution in [2.45, 2.75) is 12.2 Å². The Balaban J connectivity index is 0.00000264. The Morgan fingerprint density at radius 2 is 1.39 bits per heavy atom. The minimum atomic E-state index is -4.40. The zero-order chi connectivity index (χ0) is 16.0. The Bertz CT molecular complexity index is 593. The maximum atomic E-state index is 12.2. The number of alkyl halides is 3. The molecule has 0 fully saturated rings. The van der Waals surface area contributed by atoms with E-state index in [1.165, 1.54) is 6.07 Å². The number of rotatable bonds is 6. The number of nitrogens with two attached hydrogens (primary N) is 1. The van der Waals surface area contributed by atoms with Crippen molar-refractivity contribution in [3.05, 3.63) is 60.2 Å². The van der Waals surface area contributed by atoms with Gasteiger partial charge in [-0.2, -0.15) is 13.2 Å². The summed E-state index contributed by atoms with van der Waals surface area (Å²) < 4.78 is 46.9. The molecular weight excluding hydrogens is 331 g/mol. The van der Waals surface area contributed by atoms with Gasteiger partial charge >= 0.3 is 6.18 Å². The molecule has 0 aliphatic carbocycles. The van der Waals surface area contributed by atoms with Gasteiger partial charge in [-0.3, -0.25) is 0 Å². The summed E-state index contributed by atoms with van der Waals surface area (Å²) in [5.74, 6) is 0.276. The van der Waals surface area contributed by atoms with E-state index < -0.39 is 12.8 Å². The first-order chi connectivity index (χ1) is 10.5. The second kappa shape index (κ2) is 8.64. The maximum Gasteiger partial charge on any atom is 0.422 e. The Morgan fingerprint density at radius 1 is 0.870 bits per heavy atom. The van der Waals surface area contributed by atoms with Crippen LogP contribution in [0, 0.1) is 0 Å². The number of benzene rings is 2. The zero-order valence-electron chi connectivity index (χ0n) is 12.1. The normalized spacial score (nSPS) is 12.2. The fourth-order valence-electron chi connectivity index (χ4n) is 1.82. The molecule has 0 aliphatic rings. The lowest BCUT2D eigenvalue weighted by atomic mass is 10.1. The van der Waals surface area contributed by atoms with Crippen LogP contribution in [0.25, 0.3) is 0 Å². The second-order valence-corrected chi connectivity index (χ2v) is 4.68. The lowest BCUT2D eigenvalue weighted by Crippen LogP contribution is -2.21. The third-order valence-electron chi connectivity index (χ3n) is 2.89. The number of ether oxygens (including phenoxy) is 2. The van der Waals surface area contributed by atoms with E-state index in [4.69, 9.17) is 15.2 Å². The van der Waals surface area contributed by atoms with Crippen molar-refractivity contribution in [1.29, 1.82) is 0 Å². The minimum Gasteiger partial charge on any atom is -0.488 e. The van der Waals surface area contributed by atoms with Crippen molar-refractivity contribution >= 4 is 12.4 Å². The van der Waals surface area contributed by atoms with Gasteiger partial charge in [0.1, 0.15) is 6.61 Å². The van der Waals surface area contributed by atoms with Crippen LogP contribution in [0.15, 0.2) is 54.6 Å². The Morgan fingerprint density at radius 3 is 1.96 bits per heavy atom. The van der Waals surface area contributed by atoms with Gasteiger partial charge in [-0.25, -0.2) is 0 Å². The van der Waals surface area contributed by atoms with E-state index in [1.54, 1.807) is 18.2 Å². The third-order valence-corrected chi connectivity index (χ3v) is 2.89. The number of hydrogen-bond donors (Lipinski definition) is 1. The Kier molecular flexibility index (Phi) is 7.19. The largest absolute Gasteiger partial charge is 0.488 e. The summed E-state index contributed by atoms with van der Waals surface area (Å²) in [5.41, 5.74) is 6.88. The molecule has 1 unspecified atom stereocenters. The highest BCUT2D eigenvalue weighted by molar-refractivity contribution is 5.85. The van der Waals surface area contributed by atoms with Gasteiger partial charge in [0.25, 0.3) is 0 Å². The van der Waals surface area contributed by atoms with E-state index >= 15 is 0 Å². The molecule has 0 aromatic heterocycles. The highest BCUT2D eigenvalue weighted by Crippen LogP contribution is 2.29. The van der Waals surface area contributed by atoms with Crippen molar-refractivity contribution in [3.63, 3.8) is 0 Å². The van der Waals surface area contributed by atoms with Gasteiger partial charge in [-0.15, -0.1) is 12.4 Å². The molecule has 2 aromatic carbocycles. The summed E-state index contributed by atoms with van der Waals surface area (Å²) in [5, 5.41) is 0. The highest BCUT2D eigenvalue weighted by atomic mass is 35.5. The molecule has 2 N–H and O–H groups in total. The standard InChI is InChI=1S/C16H16F3NO2.ClH/c17-16(18,19)11-22-15-9-5-4-8-14(15)21-10-13(20)12-6-2-1-3-7-12;/h1-9,13H,10-11,20H2;1H. The van der Waals surface area contributed by atoms with Gasteiger partial charge in [-0.1, -0.05) is 42.5 Å². The average molecular weight is 348 g/mol. The van der Waals surface area contributed by atoms with Gasteiger partial charge in [0.15, 0.2) is 18.1 Å². The summed E-state index contributed by atoms with van der Waals surface area (Å²) in [7, 11) is 0. The topological polar surface area (TPSA) is 44.5 Å². The first-order valence-corrected chi connectivity index (χ1v) is 6.67. The number of hydrogen-bond acceptors (Lipinski definition) is 3. The van der Waals surface area contributed by atoms with Crippen molar-refractivity contribution in [2.75, 3.05) is 13.2 Å². The molecule has 3 nitrogen and oxygen atoms in total. The monoisotopic (exact) mass is 347 g/mol. The zero-order valence-corrected chi connectivity index (χ0v) is 12.9. The second-order valence-electron chi connectivity index (χ2n) is 4.68. The molecule has 0 radical (unpaired) electrons. The molecule has 0 heterocycles. The van der Waals surface area contributed by atoms with E-state index in [-0.39, 0.29) is 36.6 Å². The van der Waals surface area contributed by atoms with E-state index in [0.717, 1.165) is 5.56 Å². The molecule has 126 valence electrons. The van der Waals surface area contributed by atoms with Crippen molar-refractivity contribution in [2.24, 2.45) is 5.73 Å². The van der Waals surface area contributed by atoms with Gasteiger partial charge in [0.05, 0.1) is 6.04 Å². The Hall–Kier alpha value is -1.92. The van der Waals surface area contributed by atoms with Crippen LogP contribution in [0.5, 0.6) is 11.5 Å². The van der Waals surface area contributed by atoms with Crippen LogP contribution >= 0.6 is 12.4 Å². The van der Waals surface area contributed by atoms with Crippen LogP contribution in [-0.2, 0) is 0 Å². The highest BCUT2D eigenvalue weighted by Gasteiger charge is 2.29. The fraction of sp³-hybridized carbons (Fsp3) is 0.250. The van der Waals surface area contributed by atoms with Gasteiger partial charge in [-0.05, 0) is 17.7 Å². The van der Waals surface area contributed by atoms with E-state index in [0.29, 0.717) is 0 Å². The predicted molar refractivity (Wildman–Crippen MR) is 84.1 cm³/mol. The van der Waals surface area contributed by atoms with Crippen LogP contribution in [-0.4, -0.2) is 19.4 Å². The molecule has 7 heteroatoms. The smallest absolute Gasteiger partial charge is 0.422 e. The van der Waals surface area contributed by atoms with Gasteiger partial charge < -0.3 is 15.2 Å². The van der Waals surface area contributed by atoms with Crippen LogP contribution in [0.4, 0.5) is 13.2 Å². The minimum absolute atomic E-state index is 0. The molecule has 1 atom stereocenters. The summed E-state index contributed by atoms with van der Waals surface area (Å²) in [6.07, 6.45) is -4.40. The van der Waals surface area contributed by atoms with Gasteiger partial charge in [0.2, 0.25) is 0 Å². The van der Waals surface area contributed by atoms with Crippen LogP contribution < -0.4 is 15.2 Å². The maximum absolute atomic E-state index is 12.2. The predicted octanol–water partition coefficient (Wildman–Crippen LogP) is 4.13. The summed E-state index contributed by atoms with van der Waals surface area (Å²) in [4.78, 5) is 0. The SMILES string of the molecule is Cl.NC(COc1ccccc1OCC(F)(F)F)c1ccccc1. The van der Waals surface area contributed by atoms with Crippen LogP contribution in [0.3, 0.4) is 0 Å². The van der Waals surface area contributed by atoms with Crippen molar-refractivity contribution < 1.29 is 22.6 Å². The molecule has 2 aromatic rings. The Labute approximate surface area is 138 Å². The van der Waals surface area contributed by atoms with Crippen molar-refractivity contribution in [3.8, 4) is 11.5 Å². The van der Waals surface area contributed by atoms with Crippen LogP contribution in [0.1, 0.15) is 11.6 Å². The lowest BCUT2D eigenvalue weighted by Gasteiger charge is -2.16. The van der Waals surface area contributed by atoms with E-state index in [9.17, 15) is 13.2 Å². The molecule has 0 saturated heterocycles.